The van der Waals surface area contributed by atoms with Gasteiger partial charge in [-0.15, -0.1) is 0 Å². The van der Waals surface area contributed by atoms with E-state index in [1.165, 1.54) is 0 Å². The van der Waals surface area contributed by atoms with E-state index in [1.54, 1.807) is 14.0 Å². The number of ether oxygens (including phenoxy) is 3. The van der Waals surface area contributed by atoms with Crippen molar-refractivity contribution in [2.75, 3.05) is 7.11 Å². The number of aliphatic carboxylic acids is 1. The van der Waals surface area contributed by atoms with Crippen molar-refractivity contribution in [2.24, 2.45) is 17.8 Å². The first-order valence-electron chi connectivity index (χ1n) is 11.6. The van der Waals surface area contributed by atoms with E-state index in [2.05, 4.69) is 52.8 Å². The molecule has 1 unspecified atom stereocenters. The molecule has 0 bridgehead atoms. The Labute approximate surface area is 187 Å². The van der Waals surface area contributed by atoms with Gasteiger partial charge in [0.05, 0.1) is 42.5 Å². The van der Waals surface area contributed by atoms with Gasteiger partial charge in [0, 0.05) is 13.0 Å². The third-order valence-corrected chi connectivity index (χ3v) is 6.86. The highest BCUT2D eigenvalue weighted by atomic mass is 16.6. The van der Waals surface area contributed by atoms with Crippen molar-refractivity contribution in [3.8, 4) is 0 Å². The average Bonchev–Trinajstić information content (AvgIpc) is 3.33. The van der Waals surface area contributed by atoms with Gasteiger partial charge in [-0.2, -0.15) is 0 Å². The summed E-state index contributed by atoms with van der Waals surface area (Å²) in [5.41, 5.74) is 0.935. The van der Waals surface area contributed by atoms with E-state index >= 15 is 0 Å². The lowest BCUT2D eigenvalue weighted by Gasteiger charge is -2.35. The Morgan fingerprint density at radius 3 is 2.55 bits per heavy atom. The molecule has 0 amide bonds. The number of allylic oxidation sites excluding steroid dienone is 3. The third kappa shape index (κ3) is 7.14. The molecule has 0 aliphatic carbocycles. The van der Waals surface area contributed by atoms with Crippen molar-refractivity contribution in [3.63, 3.8) is 0 Å². The van der Waals surface area contributed by atoms with Crippen molar-refractivity contribution >= 4 is 5.97 Å². The van der Waals surface area contributed by atoms with Crippen molar-refractivity contribution in [1.29, 1.82) is 0 Å². The summed E-state index contributed by atoms with van der Waals surface area (Å²) in [4.78, 5) is 11.0. The van der Waals surface area contributed by atoms with Gasteiger partial charge in [0.2, 0.25) is 0 Å². The number of rotatable bonds is 11. The lowest BCUT2D eigenvalue weighted by molar-refractivity contribution is -0.143. The van der Waals surface area contributed by atoms with E-state index in [4.69, 9.17) is 19.3 Å². The summed E-state index contributed by atoms with van der Waals surface area (Å²) in [5, 5.41) is 19.0. The Kier molecular flexibility index (Phi) is 9.31. The van der Waals surface area contributed by atoms with Gasteiger partial charge < -0.3 is 24.4 Å². The zero-order valence-corrected chi connectivity index (χ0v) is 20.2. The summed E-state index contributed by atoms with van der Waals surface area (Å²) in [5.74, 6) is 0.0402. The van der Waals surface area contributed by atoms with Gasteiger partial charge in [-0.05, 0) is 57.4 Å². The minimum Gasteiger partial charge on any atom is -0.481 e. The lowest BCUT2D eigenvalue weighted by Crippen LogP contribution is -2.36. The molecule has 0 radical (unpaired) electrons. The van der Waals surface area contributed by atoms with Crippen LogP contribution < -0.4 is 0 Å². The van der Waals surface area contributed by atoms with Gasteiger partial charge in [0.25, 0.3) is 0 Å². The van der Waals surface area contributed by atoms with Crippen LogP contribution in [0.2, 0.25) is 0 Å². The molecule has 0 saturated carbocycles. The van der Waals surface area contributed by atoms with Gasteiger partial charge in [-0.25, -0.2) is 0 Å². The number of carboxylic acid groups (broad SMARTS) is 1. The number of carbonyl (C=O) groups is 1. The first kappa shape index (κ1) is 26.0. The van der Waals surface area contributed by atoms with Crippen LogP contribution in [-0.2, 0) is 19.0 Å². The maximum absolute atomic E-state index is 11.0. The highest BCUT2D eigenvalue weighted by Crippen LogP contribution is 2.47. The van der Waals surface area contributed by atoms with Crippen LogP contribution in [-0.4, -0.2) is 59.4 Å². The first-order valence-corrected chi connectivity index (χ1v) is 11.6. The van der Waals surface area contributed by atoms with Crippen LogP contribution in [0.5, 0.6) is 0 Å². The maximum atomic E-state index is 11.0. The van der Waals surface area contributed by atoms with E-state index in [1.807, 2.05) is 0 Å². The largest absolute Gasteiger partial charge is 0.481 e. The summed E-state index contributed by atoms with van der Waals surface area (Å²) in [6, 6.07) is 0. The van der Waals surface area contributed by atoms with Crippen LogP contribution in [0.3, 0.4) is 0 Å². The van der Waals surface area contributed by atoms with Crippen LogP contribution in [0.15, 0.2) is 23.8 Å². The molecule has 2 saturated heterocycles. The third-order valence-electron chi connectivity index (χ3n) is 6.86. The summed E-state index contributed by atoms with van der Waals surface area (Å²) >= 11 is 0. The molecule has 2 aliphatic rings. The fraction of sp³-hybridized carbons (Fsp3) is 0.800. The maximum Gasteiger partial charge on any atom is 0.305 e. The quantitative estimate of drug-likeness (QED) is 0.368. The average molecular weight is 439 g/mol. The van der Waals surface area contributed by atoms with Crippen LogP contribution in [0.1, 0.15) is 67.2 Å². The minimum atomic E-state index is -0.803. The zero-order valence-electron chi connectivity index (χ0n) is 20.2. The Morgan fingerprint density at radius 1 is 1.29 bits per heavy atom. The van der Waals surface area contributed by atoms with Crippen molar-refractivity contribution < 1.29 is 29.2 Å². The fourth-order valence-corrected chi connectivity index (χ4v) is 5.22. The van der Waals surface area contributed by atoms with E-state index in [9.17, 15) is 9.90 Å². The zero-order chi connectivity index (χ0) is 23.3. The number of aliphatic hydroxyl groups is 1. The molecule has 2 rings (SSSR count). The predicted octanol–water partition coefficient (Wildman–Crippen LogP) is 4.36. The Balaban J connectivity index is 1.89. The topological polar surface area (TPSA) is 88.5 Å². The number of hydrogen-bond donors (Lipinski definition) is 2. The number of methoxy groups -OCH3 is 1. The van der Waals surface area contributed by atoms with E-state index in [0.717, 1.165) is 24.8 Å². The molecular weight excluding hydrogens is 396 g/mol. The molecule has 0 aromatic heterocycles. The van der Waals surface area contributed by atoms with Crippen molar-refractivity contribution in [2.45, 2.75) is 103 Å². The Hall–Kier alpha value is -1.21. The van der Waals surface area contributed by atoms with Crippen LogP contribution in [0.25, 0.3) is 0 Å². The minimum absolute atomic E-state index is 0.0287. The van der Waals surface area contributed by atoms with Crippen molar-refractivity contribution in [1.82, 2.24) is 0 Å². The number of hydrogen-bond acceptors (Lipinski definition) is 5. The fourth-order valence-electron chi connectivity index (χ4n) is 5.22. The highest BCUT2D eigenvalue weighted by molar-refractivity contribution is 5.67. The molecule has 6 nitrogen and oxygen atoms in total. The molecule has 178 valence electrons. The molecular formula is C25H42O6. The molecule has 2 N–H and O–H groups in total. The second-order valence-electron chi connectivity index (χ2n) is 9.96. The smallest absolute Gasteiger partial charge is 0.305 e. The molecule has 9 atom stereocenters. The van der Waals surface area contributed by atoms with Crippen LogP contribution >= 0.6 is 0 Å². The molecule has 0 spiro atoms. The molecule has 2 aliphatic heterocycles. The number of carboxylic acids is 1. The van der Waals surface area contributed by atoms with Gasteiger partial charge in [0.15, 0.2) is 0 Å². The van der Waals surface area contributed by atoms with Gasteiger partial charge in [0.1, 0.15) is 0 Å². The summed E-state index contributed by atoms with van der Waals surface area (Å²) < 4.78 is 17.6. The molecule has 2 heterocycles. The monoisotopic (exact) mass is 438 g/mol. The standard InChI is InChI=1S/C25H42O6/c1-15(14-25(6)24(31-25)18(4)23(29-7)19(5)26)9-8-10-16(2)22-17(3)11-12-20(30-22)13-21(27)28/h8-10,15,17-20,22-24,26H,11-14H2,1-7H3,(H,27,28)/b9-8+,16-10+/t15-,17+,18-,19-,20-,22-,23-,24-,25?/m1/s1. The molecule has 2 fully saturated rings. The second-order valence-corrected chi connectivity index (χ2v) is 9.96. The van der Waals surface area contributed by atoms with Gasteiger partial charge in [-0.3, -0.25) is 4.79 Å². The van der Waals surface area contributed by atoms with E-state index in [-0.39, 0.29) is 42.4 Å². The summed E-state index contributed by atoms with van der Waals surface area (Å²) in [6.07, 6.45) is 8.21. The van der Waals surface area contributed by atoms with Crippen molar-refractivity contribution in [3.05, 3.63) is 23.8 Å². The molecule has 6 heteroatoms. The van der Waals surface area contributed by atoms with Gasteiger partial charge >= 0.3 is 5.97 Å². The van der Waals surface area contributed by atoms with E-state index in [0.29, 0.717) is 11.8 Å². The number of aliphatic hydroxyl groups excluding tert-OH is 1. The molecule has 0 aromatic carbocycles. The van der Waals surface area contributed by atoms with Crippen LogP contribution in [0.4, 0.5) is 0 Å². The summed E-state index contributed by atoms with van der Waals surface area (Å²) in [6.45, 7) is 12.4. The molecule has 31 heavy (non-hydrogen) atoms. The molecule has 0 aromatic rings. The predicted molar refractivity (Wildman–Crippen MR) is 121 cm³/mol. The first-order chi connectivity index (χ1) is 14.5. The summed E-state index contributed by atoms with van der Waals surface area (Å²) in [7, 11) is 1.63. The highest BCUT2D eigenvalue weighted by Gasteiger charge is 2.56. The normalized spacial score (nSPS) is 35.5. The second kappa shape index (κ2) is 11.1. The lowest BCUT2D eigenvalue weighted by atomic mass is 9.85. The van der Waals surface area contributed by atoms with Crippen LogP contribution in [0, 0.1) is 17.8 Å². The van der Waals surface area contributed by atoms with E-state index < -0.39 is 12.1 Å². The number of epoxide rings is 1. The van der Waals surface area contributed by atoms with Gasteiger partial charge in [-0.1, -0.05) is 39.0 Å². The SMILES string of the molecule is CO[C@H]([C@@H](C)[C@H]1OC1(C)C[C@H](C)/C=C/C=C(\C)[C@H]1O[C@@H](CC(=O)O)CC[C@@H]1C)[C@@H](C)O. The Bertz CT molecular complexity index is 656. The Morgan fingerprint density at radius 2 is 1.97 bits per heavy atom.